The van der Waals surface area contributed by atoms with Gasteiger partial charge in [0.2, 0.25) is 0 Å². The fraction of sp³-hybridized carbons (Fsp3) is 0.312. The van der Waals surface area contributed by atoms with Crippen LogP contribution in [0.4, 0.5) is 0 Å². The maximum Gasteiger partial charge on any atom is 0.346 e. The number of nitrogens with one attached hydrogen (secondary N) is 1. The van der Waals surface area contributed by atoms with E-state index in [1.54, 1.807) is 35.2 Å². The number of carbonyl (C=O) groups is 1. The predicted molar refractivity (Wildman–Crippen MR) is 88.7 cm³/mol. The Morgan fingerprint density at radius 1 is 1.17 bits per heavy atom. The Bertz CT molecular complexity index is 764. The number of aromatic amines is 1. The first-order chi connectivity index (χ1) is 11.0. The highest BCUT2D eigenvalue weighted by molar-refractivity contribution is 6.30. The van der Waals surface area contributed by atoms with Crippen LogP contribution in [0.5, 0.6) is 0 Å². The van der Waals surface area contributed by atoms with Crippen LogP contribution in [-0.2, 0) is 0 Å². The van der Waals surface area contributed by atoms with E-state index in [0.29, 0.717) is 23.8 Å². The molecule has 0 radical (unpaired) electrons. The van der Waals surface area contributed by atoms with Crippen molar-refractivity contribution in [2.75, 3.05) is 33.2 Å². The highest BCUT2D eigenvalue weighted by Gasteiger charge is 2.21. The van der Waals surface area contributed by atoms with Crippen LogP contribution in [0.1, 0.15) is 10.5 Å². The van der Waals surface area contributed by atoms with Crippen molar-refractivity contribution in [3.63, 3.8) is 0 Å². The highest BCUT2D eigenvalue weighted by Crippen LogP contribution is 2.19. The average molecular weight is 333 g/mol. The molecule has 0 atom stereocenters. The summed E-state index contributed by atoms with van der Waals surface area (Å²) in [5.74, 6) is -0.173. The Kier molecular flexibility index (Phi) is 4.45. The number of aromatic nitrogens is 2. The van der Waals surface area contributed by atoms with Crippen molar-refractivity contribution in [3.8, 4) is 11.3 Å². The predicted octanol–water partition coefficient (Wildman–Crippen LogP) is 1.48. The Morgan fingerprint density at radius 3 is 2.48 bits per heavy atom. The van der Waals surface area contributed by atoms with Crippen LogP contribution in [0, 0.1) is 0 Å². The normalized spacial score (nSPS) is 15.7. The van der Waals surface area contributed by atoms with E-state index >= 15 is 0 Å². The van der Waals surface area contributed by atoms with E-state index in [-0.39, 0.29) is 11.6 Å². The van der Waals surface area contributed by atoms with Crippen LogP contribution in [0.2, 0.25) is 5.02 Å². The molecule has 0 spiro atoms. The van der Waals surface area contributed by atoms with Crippen molar-refractivity contribution in [2.45, 2.75) is 0 Å². The van der Waals surface area contributed by atoms with Gasteiger partial charge in [0.1, 0.15) is 5.69 Å². The Balaban J connectivity index is 1.90. The third-order valence-corrected chi connectivity index (χ3v) is 4.16. The van der Waals surface area contributed by atoms with Gasteiger partial charge in [-0.3, -0.25) is 4.79 Å². The fourth-order valence-electron chi connectivity index (χ4n) is 2.52. The second kappa shape index (κ2) is 6.52. The first-order valence-electron chi connectivity index (χ1n) is 7.38. The van der Waals surface area contributed by atoms with E-state index in [1.807, 2.05) is 7.05 Å². The summed E-state index contributed by atoms with van der Waals surface area (Å²) in [5.41, 5.74) is 0.935. The van der Waals surface area contributed by atoms with Crippen LogP contribution in [0.25, 0.3) is 11.3 Å². The number of hydrogen-bond donors (Lipinski definition) is 1. The smallest absolute Gasteiger partial charge is 0.335 e. The zero-order valence-corrected chi connectivity index (χ0v) is 13.5. The van der Waals surface area contributed by atoms with Gasteiger partial charge in [-0.05, 0) is 25.2 Å². The van der Waals surface area contributed by atoms with Gasteiger partial charge in [-0.15, -0.1) is 0 Å². The van der Waals surface area contributed by atoms with Gasteiger partial charge >= 0.3 is 5.69 Å². The molecule has 7 heteroatoms. The van der Waals surface area contributed by atoms with Crippen molar-refractivity contribution >= 4 is 17.5 Å². The van der Waals surface area contributed by atoms with Gasteiger partial charge in [0, 0.05) is 36.8 Å². The minimum atomic E-state index is -0.532. The lowest BCUT2D eigenvalue weighted by Crippen LogP contribution is -2.47. The number of hydrogen-bond acceptors (Lipinski definition) is 4. The molecule has 2 aromatic rings. The molecule has 23 heavy (non-hydrogen) atoms. The van der Waals surface area contributed by atoms with Crippen molar-refractivity contribution < 1.29 is 4.79 Å². The van der Waals surface area contributed by atoms with Gasteiger partial charge in [-0.2, -0.15) is 4.98 Å². The van der Waals surface area contributed by atoms with E-state index in [2.05, 4.69) is 14.9 Å². The monoisotopic (exact) mass is 332 g/mol. The molecular weight excluding hydrogens is 316 g/mol. The molecule has 0 unspecified atom stereocenters. The van der Waals surface area contributed by atoms with Gasteiger partial charge in [0.05, 0.1) is 5.69 Å². The largest absolute Gasteiger partial charge is 0.346 e. The molecule has 1 aliphatic rings. The number of likely N-dealkylation sites (N-methyl/N-ethyl adjacent to an activating group) is 1. The summed E-state index contributed by atoms with van der Waals surface area (Å²) in [6.07, 6.45) is 0. The molecule has 0 bridgehead atoms. The van der Waals surface area contributed by atoms with Crippen LogP contribution < -0.4 is 5.69 Å². The van der Waals surface area contributed by atoms with Crippen molar-refractivity contribution in [1.29, 1.82) is 0 Å². The Morgan fingerprint density at radius 2 is 1.83 bits per heavy atom. The number of nitrogens with zero attached hydrogens (tertiary/aromatic N) is 3. The van der Waals surface area contributed by atoms with Crippen LogP contribution >= 0.6 is 11.6 Å². The molecule has 1 amide bonds. The minimum Gasteiger partial charge on any atom is -0.335 e. The lowest BCUT2D eigenvalue weighted by molar-refractivity contribution is 0.0657. The summed E-state index contributed by atoms with van der Waals surface area (Å²) in [5, 5.41) is 0.604. The zero-order valence-electron chi connectivity index (χ0n) is 12.8. The first kappa shape index (κ1) is 15.7. The SMILES string of the molecule is CN1CCN(C(=O)c2cc(-c3ccc(Cl)cc3)nc(=O)[nH]2)CC1. The molecule has 3 rings (SSSR count). The van der Waals surface area contributed by atoms with Gasteiger partial charge in [0.25, 0.3) is 5.91 Å². The highest BCUT2D eigenvalue weighted by atomic mass is 35.5. The fourth-order valence-corrected chi connectivity index (χ4v) is 2.65. The molecule has 1 fully saturated rings. The minimum absolute atomic E-state index is 0.173. The lowest BCUT2D eigenvalue weighted by Gasteiger charge is -2.32. The molecule has 6 nitrogen and oxygen atoms in total. The summed E-state index contributed by atoms with van der Waals surface area (Å²) in [7, 11) is 2.02. The van der Waals surface area contributed by atoms with Crippen molar-refractivity contribution in [1.82, 2.24) is 19.8 Å². The van der Waals surface area contributed by atoms with E-state index in [4.69, 9.17) is 11.6 Å². The van der Waals surface area contributed by atoms with Gasteiger partial charge in [-0.25, -0.2) is 4.79 Å². The summed E-state index contributed by atoms with van der Waals surface area (Å²) in [6, 6.07) is 8.61. The summed E-state index contributed by atoms with van der Waals surface area (Å²) >= 11 is 5.87. The number of H-pyrrole nitrogens is 1. The molecule has 1 aliphatic heterocycles. The quantitative estimate of drug-likeness (QED) is 0.904. The molecule has 1 N–H and O–H groups in total. The van der Waals surface area contributed by atoms with Gasteiger partial charge in [0.15, 0.2) is 0 Å². The molecule has 1 aromatic carbocycles. The molecule has 0 saturated carbocycles. The average Bonchev–Trinajstić information content (AvgIpc) is 2.55. The number of piperazine rings is 1. The van der Waals surface area contributed by atoms with E-state index < -0.39 is 5.69 Å². The van der Waals surface area contributed by atoms with Gasteiger partial charge < -0.3 is 14.8 Å². The second-order valence-corrected chi connectivity index (χ2v) is 6.02. The number of halogens is 1. The van der Waals surface area contributed by atoms with Crippen LogP contribution in [-0.4, -0.2) is 58.9 Å². The van der Waals surface area contributed by atoms with E-state index in [1.165, 1.54) is 0 Å². The third kappa shape index (κ3) is 3.60. The number of benzene rings is 1. The molecular formula is C16H17ClN4O2. The maximum atomic E-state index is 12.6. The number of amides is 1. The van der Waals surface area contributed by atoms with Crippen LogP contribution in [0.15, 0.2) is 35.1 Å². The maximum absolute atomic E-state index is 12.6. The molecule has 120 valence electrons. The summed E-state index contributed by atoms with van der Waals surface area (Å²) < 4.78 is 0. The van der Waals surface area contributed by atoms with Crippen molar-refractivity contribution in [3.05, 3.63) is 51.5 Å². The molecule has 0 aliphatic carbocycles. The van der Waals surface area contributed by atoms with E-state index in [0.717, 1.165) is 18.7 Å². The van der Waals surface area contributed by atoms with Crippen LogP contribution in [0.3, 0.4) is 0 Å². The lowest BCUT2D eigenvalue weighted by atomic mass is 10.1. The molecule has 1 aromatic heterocycles. The summed E-state index contributed by atoms with van der Waals surface area (Å²) in [6.45, 7) is 2.95. The van der Waals surface area contributed by atoms with Crippen molar-refractivity contribution in [2.24, 2.45) is 0 Å². The van der Waals surface area contributed by atoms with Gasteiger partial charge in [-0.1, -0.05) is 23.7 Å². The van der Waals surface area contributed by atoms with E-state index in [9.17, 15) is 9.59 Å². The topological polar surface area (TPSA) is 69.3 Å². The third-order valence-electron chi connectivity index (χ3n) is 3.91. The second-order valence-electron chi connectivity index (χ2n) is 5.59. The summed E-state index contributed by atoms with van der Waals surface area (Å²) in [4.78, 5) is 34.8. The Hall–Kier alpha value is -2.18. The number of rotatable bonds is 2. The standard InChI is InChI=1S/C16H17ClN4O2/c1-20-6-8-21(9-7-20)15(22)14-10-13(18-16(23)19-14)11-2-4-12(17)5-3-11/h2-5,10H,6-9H2,1H3,(H,18,19,23). The molecule has 2 heterocycles. The Labute approximate surface area is 138 Å². The first-order valence-corrected chi connectivity index (χ1v) is 7.76. The number of carbonyl (C=O) groups excluding carboxylic acids is 1. The molecule has 1 saturated heterocycles. The zero-order chi connectivity index (χ0) is 16.4.